The van der Waals surface area contributed by atoms with Crippen LogP contribution in [0.15, 0.2) is 12.1 Å². The molecule has 3 heterocycles. The number of benzene rings is 1. The van der Waals surface area contributed by atoms with Crippen molar-refractivity contribution in [1.82, 2.24) is 4.90 Å². The molecular formula is C21H25NO7. The molecule has 29 heavy (non-hydrogen) atoms. The van der Waals surface area contributed by atoms with Gasteiger partial charge in [-0.3, -0.25) is 4.79 Å². The van der Waals surface area contributed by atoms with Gasteiger partial charge < -0.3 is 29.0 Å². The van der Waals surface area contributed by atoms with E-state index in [1.165, 1.54) is 0 Å². The Balaban J connectivity index is 1.54. The normalized spacial score (nSPS) is 33.3. The summed E-state index contributed by atoms with van der Waals surface area (Å²) in [4.78, 5) is 27.4. The third-order valence-corrected chi connectivity index (χ3v) is 6.58. The topological polar surface area (TPSA) is 94.5 Å². The maximum Gasteiger partial charge on any atom is 0.338 e. The number of nitrogens with zero attached hydrogens (tertiary/aromatic N) is 1. The number of hydrogen-bond acceptors (Lipinski definition) is 8. The van der Waals surface area contributed by atoms with E-state index in [4.69, 9.17) is 18.9 Å². The van der Waals surface area contributed by atoms with Crippen molar-refractivity contribution in [3.8, 4) is 11.5 Å². The van der Waals surface area contributed by atoms with Gasteiger partial charge in [0.15, 0.2) is 11.5 Å². The highest BCUT2D eigenvalue weighted by molar-refractivity contribution is 5.94. The summed E-state index contributed by atoms with van der Waals surface area (Å²) >= 11 is 0. The number of aliphatic hydroxyl groups is 1. The Morgan fingerprint density at radius 3 is 2.86 bits per heavy atom. The quantitative estimate of drug-likeness (QED) is 0.758. The third-order valence-electron chi connectivity index (χ3n) is 6.58. The first-order valence-corrected chi connectivity index (χ1v) is 10.1. The molecule has 0 aromatic heterocycles. The second-order valence-corrected chi connectivity index (χ2v) is 8.53. The Morgan fingerprint density at radius 1 is 1.34 bits per heavy atom. The maximum atomic E-state index is 12.8. The average molecular weight is 403 g/mol. The molecule has 8 nitrogen and oxygen atoms in total. The Hall–Kier alpha value is -2.32. The van der Waals surface area contributed by atoms with Crippen LogP contribution in [0.3, 0.4) is 0 Å². The fourth-order valence-electron chi connectivity index (χ4n) is 5.41. The van der Waals surface area contributed by atoms with E-state index < -0.39 is 30.3 Å². The largest absolute Gasteiger partial charge is 0.458 e. The zero-order valence-corrected chi connectivity index (χ0v) is 16.5. The lowest BCUT2D eigenvalue weighted by Gasteiger charge is -2.48. The molecular weight excluding hydrogens is 378 g/mol. The summed E-state index contributed by atoms with van der Waals surface area (Å²) in [5.74, 6) is 0.485. The van der Waals surface area contributed by atoms with E-state index in [2.05, 4.69) is 11.9 Å². The fraction of sp³-hybridized carbons (Fsp3) is 0.619. The molecule has 0 radical (unpaired) electrons. The summed E-state index contributed by atoms with van der Waals surface area (Å²) in [7, 11) is 2.09. The lowest BCUT2D eigenvalue weighted by molar-refractivity contribution is -0.165. The number of carbonyl (C=O) groups is 2. The molecule has 1 aromatic rings. The van der Waals surface area contributed by atoms with Crippen molar-refractivity contribution >= 4 is 11.9 Å². The summed E-state index contributed by atoms with van der Waals surface area (Å²) in [6.45, 7) is 2.63. The highest BCUT2D eigenvalue weighted by atomic mass is 16.7. The van der Waals surface area contributed by atoms with E-state index in [1.807, 2.05) is 6.07 Å². The summed E-state index contributed by atoms with van der Waals surface area (Å²) in [5.41, 5.74) is 1.36. The molecule has 1 aliphatic carbocycles. The Labute approximate surface area is 168 Å². The molecule has 8 heteroatoms. The summed E-state index contributed by atoms with van der Waals surface area (Å²) < 4.78 is 22.6. The Bertz CT molecular complexity index is 854. The molecule has 0 spiro atoms. The van der Waals surface area contributed by atoms with E-state index in [1.54, 1.807) is 13.0 Å². The van der Waals surface area contributed by atoms with Gasteiger partial charge in [0.1, 0.15) is 12.2 Å². The summed E-state index contributed by atoms with van der Waals surface area (Å²) in [6.07, 6.45) is -0.291. The van der Waals surface area contributed by atoms with Crippen molar-refractivity contribution in [3.05, 3.63) is 23.3 Å². The van der Waals surface area contributed by atoms with Crippen LogP contribution in [0.4, 0.5) is 0 Å². The highest BCUT2D eigenvalue weighted by Gasteiger charge is 2.55. The second kappa shape index (κ2) is 6.88. The molecule has 3 aliphatic heterocycles. The lowest BCUT2D eigenvalue weighted by Crippen LogP contribution is -2.55. The van der Waals surface area contributed by atoms with Gasteiger partial charge >= 0.3 is 11.9 Å². The van der Waals surface area contributed by atoms with Crippen LogP contribution in [-0.4, -0.2) is 66.7 Å². The van der Waals surface area contributed by atoms with Crippen LogP contribution in [-0.2, 0) is 14.3 Å². The standard InChI is InChI=1S/C21H25NO7/c1-10(23)5-17(24)28-16-6-11-3-4-22(2)19(11)18-12-7-14-15(27-9-26-14)8-13(12)21(25)29-20(16)18/h7-8,10-11,16,18-20,23H,3-6,9H2,1-2H3/t10-,11-,16+,18+,19-,20+/m1/s1. The van der Waals surface area contributed by atoms with Crippen molar-refractivity contribution in [2.24, 2.45) is 5.92 Å². The van der Waals surface area contributed by atoms with Crippen LogP contribution in [0.5, 0.6) is 11.5 Å². The fourth-order valence-corrected chi connectivity index (χ4v) is 5.41. The molecule has 5 rings (SSSR count). The van der Waals surface area contributed by atoms with Gasteiger partial charge in [0, 0.05) is 12.0 Å². The van der Waals surface area contributed by atoms with Crippen molar-refractivity contribution in [1.29, 1.82) is 0 Å². The van der Waals surface area contributed by atoms with Crippen LogP contribution in [0.25, 0.3) is 0 Å². The van der Waals surface area contributed by atoms with Crippen LogP contribution in [0, 0.1) is 5.92 Å². The van der Waals surface area contributed by atoms with Crippen LogP contribution < -0.4 is 9.47 Å². The van der Waals surface area contributed by atoms with E-state index in [9.17, 15) is 14.7 Å². The zero-order chi connectivity index (χ0) is 20.3. The van der Waals surface area contributed by atoms with Gasteiger partial charge in [-0.2, -0.15) is 0 Å². The number of hydrogen-bond donors (Lipinski definition) is 1. The molecule has 1 N–H and O–H groups in total. The molecule has 1 saturated heterocycles. The number of carbonyl (C=O) groups excluding carboxylic acids is 2. The highest BCUT2D eigenvalue weighted by Crippen LogP contribution is 2.51. The molecule has 0 unspecified atom stereocenters. The molecule has 0 bridgehead atoms. The first kappa shape index (κ1) is 18.7. The monoisotopic (exact) mass is 403 g/mol. The zero-order valence-electron chi connectivity index (χ0n) is 16.5. The van der Waals surface area contributed by atoms with Crippen LogP contribution in [0.2, 0.25) is 0 Å². The van der Waals surface area contributed by atoms with Crippen molar-refractivity contribution in [2.45, 2.75) is 56.5 Å². The van der Waals surface area contributed by atoms with E-state index in [-0.39, 0.29) is 25.2 Å². The first-order valence-electron chi connectivity index (χ1n) is 10.1. The van der Waals surface area contributed by atoms with Gasteiger partial charge in [0.2, 0.25) is 6.79 Å². The van der Waals surface area contributed by atoms with E-state index >= 15 is 0 Å². The van der Waals surface area contributed by atoms with Gasteiger partial charge in [-0.05, 0) is 57.0 Å². The molecule has 156 valence electrons. The summed E-state index contributed by atoms with van der Waals surface area (Å²) in [6, 6.07) is 3.78. The number of esters is 2. The minimum atomic E-state index is -0.776. The number of aliphatic hydroxyl groups excluding tert-OH is 1. The molecule has 2 fully saturated rings. The first-order chi connectivity index (χ1) is 13.9. The molecule has 0 amide bonds. The van der Waals surface area contributed by atoms with Crippen molar-refractivity contribution in [2.75, 3.05) is 20.4 Å². The predicted molar refractivity (Wildman–Crippen MR) is 99.8 cm³/mol. The van der Waals surface area contributed by atoms with Gasteiger partial charge in [-0.15, -0.1) is 0 Å². The number of likely N-dealkylation sites (N-methyl/N-ethyl adjacent to an activating group) is 1. The maximum absolute atomic E-state index is 12.8. The summed E-state index contributed by atoms with van der Waals surface area (Å²) in [5, 5.41) is 9.51. The van der Waals surface area contributed by atoms with Gasteiger partial charge in [-0.25, -0.2) is 4.79 Å². The van der Waals surface area contributed by atoms with Crippen LogP contribution >= 0.6 is 0 Å². The van der Waals surface area contributed by atoms with E-state index in [0.717, 1.165) is 18.5 Å². The number of ether oxygens (including phenoxy) is 4. The SMILES string of the molecule is C[C@@H](O)CC(=O)O[C@H]1C[C@H]2CCN(C)[C@H]2[C@@H]2c3cc4c(cc3C(=O)O[C@H]21)OCO4. The second-order valence-electron chi connectivity index (χ2n) is 8.53. The van der Waals surface area contributed by atoms with Gasteiger partial charge in [0.25, 0.3) is 0 Å². The average Bonchev–Trinajstić information content (AvgIpc) is 3.26. The Morgan fingerprint density at radius 2 is 2.10 bits per heavy atom. The minimum absolute atomic E-state index is 0.0783. The van der Waals surface area contributed by atoms with Crippen molar-refractivity contribution < 1.29 is 33.6 Å². The smallest absolute Gasteiger partial charge is 0.338 e. The van der Waals surface area contributed by atoms with E-state index in [0.29, 0.717) is 29.4 Å². The van der Waals surface area contributed by atoms with Crippen molar-refractivity contribution in [3.63, 3.8) is 0 Å². The van der Waals surface area contributed by atoms with Gasteiger partial charge in [-0.1, -0.05) is 0 Å². The number of likely N-dealkylation sites (tertiary alicyclic amines) is 1. The predicted octanol–water partition coefficient (Wildman–Crippen LogP) is 1.44. The van der Waals surface area contributed by atoms with Gasteiger partial charge in [0.05, 0.1) is 18.1 Å². The van der Waals surface area contributed by atoms with Crippen LogP contribution in [0.1, 0.15) is 48.0 Å². The minimum Gasteiger partial charge on any atom is -0.458 e. The number of fused-ring (bicyclic) bond motifs is 6. The lowest BCUT2D eigenvalue weighted by atomic mass is 9.69. The molecule has 1 saturated carbocycles. The molecule has 6 atom stereocenters. The molecule has 4 aliphatic rings. The third kappa shape index (κ3) is 3.05. The number of rotatable bonds is 3. The molecule has 1 aromatic carbocycles. The Kier molecular flexibility index (Phi) is 4.43.